The number of hydrogen-bond donors (Lipinski definition) is 2. The number of ether oxygens (including phenoxy) is 1. The van der Waals surface area contributed by atoms with E-state index < -0.39 is 12.0 Å². The van der Waals surface area contributed by atoms with Gasteiger partial charge in [-0.3, -0.25) is 4.79 Å². The summed E-state index contributed by atoms with van der Waals surface area (Å²) in [7, 11) is 0. The van der Waals surface area contributed by atoms with Crippen LogP contribution in [0.4, 0.5) is 0 Å². The lowest BCUT2D eigenvalue weighted by atomic mass is 9.97. The fourth-order valence-electron chi connectivity index (χ4n) is 1.05. The van der Waals surface area contributed by atoms with E-state index in [-0.39, 0.29) is 31.0 Å². The molecule has 0 spiro atoms. The van der Waals surface area contributed by atoms with Gasteiger partial charge in [0.15, 0.2) is 6.04 Å². The lowest BCUT2D eigenvalue weighted by molar-refractivity contribution is -0.144. The smallest absolute Gasteiger partial charge is 0.328 e. The largest absolute Gasteiger partial charge is 0.480 e. The average Bonchev–Trinajstić information content (AvgIpc) is 2.26. The van der Waals surface area contributed by atoms with Crippen LogP contribution in [0.5, 0.6) is 0 Å². The second-order valence-electron chi connectivity index (χ2n) is 4.26. The Morgan fingerprint density at radius 3 is 2.41 bits per heavy atom. The molecule has 0 aromatic heterocycles. The van der Waals surface area contributed by atoms with Crippen molar-refractivity contribution in [3.8, 4) is 0 Å². The van der Waals surface area contributed by atoms with E-state index in [1.165, 1.54) is 6.08 Å². The highest BCUT2D eigenvalue weighted by Crippen LogP contribution is 2.09. The van der Waals surface area contributed by atoms with Crippen LogP contribution >= 0.6 is 0 Å². The summed E-state index contributed by atoms with van der Waals surface area (Å²) in [5.74, 6) is -1.43. The predicted molar refractivity (Wildman–Crippen MR) is 64.6 cm³/mol. The van der Waals surface area contributed by atoms with Gasteiger partial charge in [0, 0.05) is 5.92 Å². The average molecular weight is 243 g/mol. The van der Waals surface area contributed by atoms with Crippen LogP contribution in [-0.2, 0) is 14.3 Å². The van der Waals surface area contributed by atoms with Crippen LogP contribution < -0.4 is 5.32 Å². The Morgan fingerprint density at radius 2 is 2.00 bits per heavy atom. The molecule has 0 radical (unpaired) electrons. The maximum absolute atomic E-state index is 11.7. The molecule has 0 rings (SSSR count). The number of carbonyl (C=O) groups excluding carboxylic acids is 1. The summed E-state index contributed by atoms with van der Waals surface area (Å²) >= 11 is 0. The Balaban J connectivity index is 4.29. The van der Waals surface area contributed by atoms with E-state index in [0.717, 1.165) is 0 Å². The van der Waals surface area contributed by atoms with Crippen LogP contribution in [0.1, 0.15) is 20.8 Å². The van der Waals surface area contributed by atoms with Crippen molar-refractivity contribution in [2.75, 3.05) is 13.2 Å². The lowest BCUT2D eigenvalue weighted by Crippen LogP contribution is -2.46. The maximum Gasteiger partial charge on any atom is 0.328 e. The molecule has 0 heterocycles. The standard InChI is InChI=1S/C12H21NO4/c1-5-6-17-7-10(12(15)16)13-11(14)9(4)8(2)3/h5,8-10H,1,6-7H2,2-4H3,(H,13,14)(H,15,16). The molecule has 5 nitrogen and oxygen atoms in total. The minimum absolute atomic E-state index is 0.0576. The molecule has 2 unspecified atom stereocenters. The molecule has 0 aromatic carbocycles. The number of carboxylic acid groups (broad SMARTS) is 1. The van der Waals surface area contributed by atoms with Crippen molar-refractivity contribution in [1.82, 2.24) is 5.32 Å². The minimum Gasteiger partial charge on any atom is -0.480 e. The maximum atomic E-state index is 11.7. The SMILES string of the molecule is C=CCOCC(NC(=O)C(C)C(C)C)C(=O)O. The van der Waals surface area contributed by atoms with Crippen LogP contribution in [0.3, 0.4) is 0 Å². The normalized spacial score (nSPS) is 14.1. The first-order valence-electron chi connectivity index (χ1n) is 5.62. The molecule has 2 atom stereocenters. The van der Waals surface area contributed by atoms with Gasteiger partial charge in [0.05, 0.1) is 13.2 Å². The summed E-state index contributed by atoms with van der Waals surface area (Å²) in [5.41, 5.74) is 0. The van der Waals surface area contributed by atoms with Crippen LogP contribution in [0.15, 0.2) is 12.7 Å². The molecule has 2 N–H and O–H groups in total. The van der Waals surface area contributed by atoms with E-state index in [9.17, 15) is 9.59 Å². The second kappa shape index (κ2) is 7.84. The molecule has 98 valence electrons. The molecule has 1 amide bonds. The molecule has 0 saturated carbocycles. The summed E-state index contributed by atoms with van der Waals surface area (Å²) in [6.45, 7) is 9.25. The summed E-state index contributed by atoms with van der Waals surface area (Å²) in [4.78, 5) is 22.6. The summed E-state index contributed by atoms with van der Waals surface area (Å²) < 4.78 is 5.03. The highest BCUT2D eigenvalue weighted by atomic mass is 16.5. The summed E-state index contributed by atoms with van der Waals surface area (Å²) in [5, 5.41) is 11.4. The first-order chi connectivity index (χ1) is 7.90. The van der Waals surface area contributed by atoms with Crippen molar-refractivity contribution in [1.29, 1.82) is 0 Å². The Morgan fingerprint density at radius 1 is 1.41 bits per heavy atom. The quantitative estimate of drug-likeness (QED) is 0.493. The summed E-state index contributed by atoms with van der Waals surface area (Å²) in [6, 6.07) is -1.01. The van der Waals surface area contributed by atoms with Crippen molar-refractivity contribution >= 4 is 11.9 Å². The third-order valence-electron chi connectivity index (χ3n) is 2.55. The third-order valence-corrected chi connectivity index (χ3v) is 2.55. The molecule has 0 bridgehead atoms. The topological polar surface area (TPSA) is 75.6 Å². The molecule has 0 saturated heterocycles. The molecule has 5 heteroatoms. The third kappa shape index (κ3) is 6.06. The molecule has 0 aliphatic heterocycles. The number of aliphatic carboxylic acids is 1. The highest BCUT2D eigenvalue weighted by Gasteiger charge is 2.24. The van der Waals surface area contributed by atoms with Gasteiger partial charge in [-0.1, -0.05) is 26.8 Å². The van der Waals surface area contributed by atoms with Crippen molar-refractivity contribution < 1.29 is 19.4 Å². The van der Waals surface area contributed by atoms with Gasteiger partial charge in [-0.05, 0) is 5.92 Å². The fraction of sp³-hybridized carbons (Fsp3) is 0.667. The van der Waals surface area contributed by atoms with Gasteiger partial charge in [-0.25, -0.2) is 4.79 Å². The first kappa shape index (κ1) is 15.6. The monoisotopic (exact) mass is 243 g/mol. The highest BCUT2D eigenvalue weighted by molar-refractivity contribution is 5.84. The van der Waals surface area contributed by atoms with Gasteiger partial charge in [0.1, 0.15) is 0 Å². The Hall–Kier alpha value is -1.36. The van der Waals surface area contributed by atoms with Crippen LogP contribution in [0.25, 0.3) is 0 Å². The minimum atomic E-state index is -1.10. The Kier molecular flexibility index (Phi) is 7.21. The predicted octanol–water partition coefficient (Wildman–Crippen LogP) is 1.05. The lowest BCUT2D eigenvalue weighted by Gasteiger charge is -2.19. The van der Waals surface area contributed by atoms with E-state index in [4.69, 9.17) is 9.84 Å². The Bertz CT molecular complexity index is 276. The molecular formula is C12H21NO4. The molecule has 0 aromatic rings. The van der Waals surface area contributed by atoms with E-state index in [1.54, 1.807) is 6.92 Å². The molecule has 0 fully saturated rings. The van der Waals surface area contributed by atoms with Gasteiger partial charge in [-0.2, -0.15) is 0 Å². The molecular weight excluding hydrogens is 222 g/mol. The van der Waals surface area contributed by atoms with Gasteiger partial charge in [-0.15, -0.1) is 6.58 Å². The molecule has 0 aliphatic rings. The van der Waals surface area contributed by atoms with E-state index in [0.29, 0.717) is 0 Å². The van der Waals surface area contributed by atoms with Crippen molar-refractivity contribution in [2.45, 2.75) is 26.8 Å². The van der Waals surface area contributed by atoms with Gasteiger partial charge in [0.25, 0.3) is 0 Å². The number of rotatable bonds is 8. The number of nitrogens with one attached hydrogen (secondary N) is 1. The summed E-state index contributed by atoms with van der Waals surface area (Å²) in [6.07, 6.45) is 1.53. The van der Waals surface area contributed by atoms with Crippen molar-refractivity contribution in [2.24, 2.45) is 11.8 Å². The zero-order chi connectivity index (χ0) is 13.4. The molecule has 0 aliphatic carbocycles. The first-order valence-corrected chi connectivity index (χ1v) is 5.62. The van der Waals surface area contributed by atoms with Crippen LogP contribution in [0.2, 0.25) is 0 Å². The van der Waals surface area contributed by atoms with Crippen LogP contribution in [0, 0.1) is 11.8 Å². The molecule has 17 heavy (non-hydrogen) atoms. The number of amides is 1. The number of carbonyl (C=O) groups is 2. The number of carboxylic acids is 1. The van der Waals surface area contributed by atoms with Gasteiger partial charge >= 0.3 is 5.97 Å². The van der Waals surface area contributed by atoms with Crippen LogP contribution in [-0.4, -0.2) is 36.2 Å². The number of hydrogen-bond acceptors (Lipinski definition) is 3. The van der Waals surface area contributed by atoms with E-state index in [1.807, 2.05) is 13.8 Å². The van der Waals surface area contributed by atoms with E-state index in [2.05, 4.69) is 11.9 Å². The van der Waals surface area contributed by atoms with Crippen molar-refractivity contribution in [3.63, 3.8) is 0 Å². The van der Waals surface area contributed by atoms with Crippen molar-refractivity contribution in [3.05, 3.63) is 12.7 Å². The van der Waals surface area contributed by atoms with Gasteiger partial charge in [0.2, 0.25) is 5.91 Å². The fourth-order valence-corrected chi connectivity index (χ4v) is 1.05. The Labute approximate surface area is 102 Å². The zero-order valence-electron chi connectivity index (χ0n) is 10.6. The van der Waals surface area contributed by atoms with Gasteiger partial charge < -0.3 is 15.2 Å². The van der Waals surface area contributed by atoms with E-state index >= 15 is 0 Å². The second-order valence-corrected chi connectivity index (χ2v) is 4.26. The zero-order valence-corrected chi connectivity index (χ0v) is 10.6.